The Morgan fingerprint density at radius 1 is 1.19 bits per heavy atom. The Morgan fingerprint density at radius 2 is 1.86 bits per heavy atom. The van der Waals surface area contributed by atoms with Crippen molar-refractivity contribution in [2.75, 3.05) is 17.7 Å². The maximum atomic E-state index is 13.5. The van der Waals surface area contributed by atoms with Crippen LogP contribution in [0, 0.1) is 11.6 Å². The van der Waals surface area contributed by atoms with Crippen molar-refractivity contribution in [3.05, 3.63) is 52.5 Å². The Kier molecular flexibility index (Phi) is 4.74. The molecule has 4 nitrogen and oxygen atoms in total. The first kappa shape index (κ1) is 15.2. The molecule has 0 aliphatic carbocycles. The number of amides is 1. The van der Waals surface area contributed by atoms with Crippen LogP contribution in [0.15, 0.2) is 40.9 Å². The van der Waals surface area contributed by atoms with Crippen LogP contribution < -0.4 is 15.8 Å². The zero-order valence-electron chi connectivity index (χ0n) is 10.7. The number of nitrogens with one attached hydrogen (secondary N) is 1. The third-order valence-corrected chi connectivity index (χ3v) is 3.14. The van der Waals surface area contributed by atoms with Gasteiger partial charge in [0.25, 0.3) is 5.91 Å². The normalized spacial score (nSPS) is 10.2. The van der Waals surface area contributed by atoms with Gasteiger partial charge in [-0.2, -0.15) is 0 Å². The SMILES string of the molecule is Nc1ccc(OCC(=O)Nc2cc(F)c(Br)cc2F)cc1. The molecule has 2 aromatic carbocycles. The summed E-state index contributed by atoms with van der Waals surface area (Å²) in [7, 11) is 0. The molecule has 2 aromatic rings. The van der Waals surface area contributed by atoms with E-state index in [1.54, 1.807) is 24.3 Å². The van der Waals surface area contributed by atoms with E-state index >= 15 is 0 Å². The highest BCUT2D eigenvalue weighted by Gasteiger charge is 2.11. The standard InChI is InChI=1S/C14H11BrF2N2O2/c15-10-5-12(17)13(6-11(10)16)19-14(20)7-21-9-3-1-8(18)2-4-9/h1-6H,7,18H2,(H,19,20). The highest BCUT2D eigenvalue weighted by atomic mass is 79.9. The molecule has 0 atom stereocenters. The Morgan fingerprint density at radius 3 is 2.52 bits per heavy atom. The van der Waals surface area contributed by atoms with Crippen LogP contribution in [0.25, 0.3) is 0 Å². The van der Waals surface area contributed by atoms with Crippen molar-refractivity contribution in [2.45, 2.75) is 0 Å². The molecule has 0 bridgehead atoms. The smallest absolute Gasteiger partial charge is 0.262 e. The van der Waals surface area contributed by atoms with Crippen molar-refractivity contribution >= 4 is 33.2 Å². The Hall–Kier alpha value is -2.15. The van der Waals surface area contributed by atoms with Gasteiger partial charge in [-0.15, -0.1) is 0 Å². The lowest BCUT2D eigenvalue weighted by Gasteiger charge is -2.09. The van der Waals surface area contributed by atoms with Gasteiger partial charge in [-0.05, 0) is 46.3 Å². The number of nitrogen functional groups attached to an aromatic ring is 1. The van der Waals surface area contributed by atoms with Gasteiger partial charge < -0.3 is 15.8 Å². The van der Waals surface area contributed by atoms with Crippen LogP contribution >= 0.6 is 15.9 Å². The van der Waals surface area contributed by atoms with E-state index in [1.165, 1.54) is 0 Å². The number of carbonyl (C=O) groups is 1. The molecule has 0 heterocycles. The number of hydrogen-bond donors (Lipinski definition) is 2. The fourth-order valence-electron chi connectivity index (χ4n) is 1.52. The summed E-state index contributed by atoms with van der Waals surface area (Å²) >= 11 is 2.85. The van der Waals surface area contributed by atoms with Crippen molar-refractivity contribution in [1.82, 2.24) is 0 Å². The molecule has 3 N–H and O–H groups in total. The number of rotatable bonds is 4. The van der Waals surface area contributed by atoms with Gasteiger partial charge in [-0.25, -0.2) is 8.78 Å². The predicted molar refractivity (Wildman–Crippen MR) is 79.0 cm³/mol. The van der Waals surface area contributed by atoms with Gasteiger partial charge in [-0.3, -0.25) is 4.79 Å². The number of halogens is 3. The second-order valence-electron chi connectivity index (χ2n) is 4.15. The van der Waals surface area contributed by atoms with E-state index in [9.17, 15) is 13.6 Å². The third-order valence-electron chi connectivity index (χ3n) is 2.53. The molecule has 1 amide bonds. The third kappa shape index (κ3) is 4.16. The summed E-state index contributed by atoms with van der Waals surface area (Å²) in [5.41, 5.74) is 5.83. The van der Waals surface area contributed by atoms with Crippen LogP contribution in [0.1, 0.15) is 0 Å². The van der Waals surface area contributed by atoms with Crippen LogP contribution in [0.5, 0.6) is 5.75 Å². The fraction of sp³-hybridized carbons (Fsp3) is 0.0714. The Balaban J connectivity index is 1.96. The molecule has 0 fully saturated rings. The summed E-state index contributed by atoms with van der Waals surface area (Å²) in [6, 6.07) is 8.27. The monoisotopic (exact) mass is 356 g/mol. The van der Waals surface area contributed by atoms with E-state index in [2.05, 4.69) is 21.2 Å². The molecule has 110 valence electrons. The number of hydrogen-bond acceptors (Lipinski definition) is 3. The minimum absolute atomic E-state index is 0.0175. The number of anilines is 2. The number of nitrogens with two attached hydrogens (primary N) is 1. The van der Waals surface area contributed by atoms with E-state index in [0.29, 0.717) is 11.4 Å². The van der Waals surface area contributed by atoms with Gasteiger partial charge in [0.05, 0.1) is 10.2 Å². The zero-order valence-corrected chi connectivity index (χ0v) is 12.3. The zero-order chi connectivity index (χ0) is 15.4. The first-order chi connectivity index (χ1) is 9.95. The lowest BCUT2D eigenvalue weighted by atomic mass is 10.3. The van der Waals surface area contributed by atoms with Crippen LogP contribution in [0.3, 0.4) is 0 Å². The maximum absolute atomic E-state index is 13.5. The van der Waals surface area contributed by atoms with Crippen LogP contribution in [0.2, 0.25) is 0 Å². The maximum Gasteiger partial charge on any atom is 0.262 e. The van der Waals surface area contributed by atoms with Gasteiger partial charge in [0, 0.05) is 11.8 Å². The topological polar surface area (TPSA) is 64.3 Å². The van der Waals surface area contributed by atoms with Gasteiger partial charge in [0.1, 0.15) is 17.4 Å². The van der Waals surface area contributed by atoms with Gasteiger partial charge >= 0.3 is 0 Å². The fourth-order valence-corrected chi connectivity index (χ4v) is 1.83. The lowest BCUT2D eigenvalue weighted by molar-refractivity contribution is -0.118. The lowest BCUT2D eigenvalue weighted by Crippen LogP contribution is -2.21. The summed E-state index contributed by atoms with van der Waals surface area (Å²) in [6.07, 6.45) is 0. The highest BCUT2D eigenvalue weighted by molar-refractivity contribution is 9.10. The number of ether oxygens (including phenoxy) is 1. The van der Waals surface area contributed by atoms with Crippen LogP contribution in [-0.4, -0.2) is 12.5 Å². The average Bonchev–Trinajstić information content (AvgIpc) is 2.44. The second kappa shape index (κ2) is 6.53. The van der Waals surface area contributed by atoms with Gasteiger partial charge in [-0.1, -0.05) is 0 Å². The first-order valence-electron chi connectivity index (χ1n) is 5.88. The van der Waals surface area contributed by atoms with E-state index in [4.69, 9.17) is 10.5 Å². The van der Waals surface area contributed by atoms with Crippen molar-refractivity contribution in [1.29, 1.82) is 0 Å². The molecule has 0 aliphatic rings. The summed E-state index contributed by atoms with van der Waals surface area (Å²) in [4.78, 5) is 11.6. The summed E-state index contributed by atoms with van der Waals surface area (Å²) in [5.74, 6) is -1.58. The highest BCUT2D eigenvalue weighted by Crippen LogP contribution is 2.23. The van der Waals surface area contributed by atoms with Crippen LogP contribution in [-0.2, 0) is 4.79 Å². The van der Waals surface area contributed by atoms with Gasteiger partial charge in [0.2, 0.25) is 0 Å². The van der Waals surface area contributed by atoms with Crippen molar-refractivity contribution in [2.24, 2.45) is 0 Å². The van der Waals surface area contributed by atoms with E-state index in [-0.39, 0.29) is 16.8 Å². The average molecular weight is 357 g/mol. The summed E-state index contributed by atoms with van der Waals surface area (Å²) < 4.78 is 32.0. The van der Waals surface area contributed by atoms with E-state index in [1.807, 2.05) is 0 Å². The first-order valence-corrected chi connectivity index (χ1v) is 6.68. The molecule has 0 saturated carbocycles. The molecule has 2 rings (SSSR count). The Labute approximate surface area is 128 Å². The molecule has 0 unspecified atom stereocenters. The second-order valence-corrected chi connectivity index (χ2v) is 5.01. The summed E-state index contributed by atoms with van der Waals surface area (Å²) in [6.45, 7) is -0.332. The van der Waals surface area contributed by atoms with E-state index < -0.39 is 17.5 Å². The Bertz CT molecular complexity index is 663. The molecule has 0 aliphatic heterocycles. The number of carbonyl (C=O) groups excluding carboxylic acids is 1. The molecule has 7 heteroatoms. The quantitative estimate of drug-likeness (QED) is 0.652. The summed E-state index contributed by atoms with van der Waals surface area (Å²) in [5, 5.41) is 2.24. The predicted octanol–water partition coefficient (Wildman–Crippen LogP) is 3.33. The minimum atomic E-state index is -0.746. The number of benzene rings is 2. The molecule has 0 spiro atoms. The molecular formula is C14H11BrF2N2O2. The largest absolute Gasteiger partial charge is 0.484 e. The minimum Gasteiger partial charge on any atom is -0.484 e. The molecule has 21 heavy (non-hydrogen) atoms. The van der Waals surface area contributed by atoms with Crippen LogP contribution in [0.4, 0.5) is 20.2 Å². The van der Waals surface area contributed by atoms with Crippen molar-refractivity contribution in [3.63, 3.8) is 0 Å². The molecular weight excluding hydrogens is 346 g/mol. The van der Waals surface area contributed by atoms with Gasteiger partial charge in [0.15, 0.2) is 6.61 Å². The van der Waals surface area contributed by atoms with Crippen molar-refractivity contribution < 1.29 is 18.3 Å². The molecule has 0 saturated heterocycles. The molecule has 0 radical (unpaired) electrons. The molecule has 0 aromatic heterocycles. The van der Waals surface area contributed by atoms with E-state index in [0.717, 1.165) is 12.1 Å². The van der Waals surface area contributed by atoms with Crippen molar-refractivity contribution in [3.8, 4) is 5.75 Å².